The molecule has 0 unspecified atom stereocenters. The van der Waals surface area contributed by atoms with Gasteiger partial charge in [-0.25, -0.2) is 4.79 Å². The molecule has 0 atom stereocenters. The molecular weight excluding hydrogens is 279 g/mol. The molecule has 2 aromatic rings. The second-order valence-corrected chi connectivity index (χ2v) is 3.98. The average Bonchev–Trinajstić information content (AvgIpc) is 2.85. The van der Waals surface area contributed by atoms with E-state index >= 15 is 0 Å². The standard InChI is InChI=1S/C11H8ClFN2O4/c1-19-10-4(2-5(12)9(16)8(10)13)6-3-7(11(17)18)15-14-6/h2-3,16H,1H3,(H,14,15)(H,17,18). The van der Waals surface area contributed by atoms with Gasteiger partial charge in [0, 0.05) is 5.56 Å². The van der Waals surface area contributed by atoms with E-state index in [4.69, 9.17) is 21.4 Å². The van der Waals surface area contributed by atoms with Crippen molar-refractivity contribution in [3.05, 3.63) is 28.7 Å². The summed E-state index contributed by atoms with van der Waals surface area (Å²) in [5.74, 6) is -3.26. The van der Waals surface area contributed by atoms with Crippen LogP contribution in [0, 0.1) is 5.82 Å². The summed E-state index contributed by atoms with van der Waals surface area (Å²) in [4.78, 5) is 10.7. The van der Waals surface area contributed by atoms with E-state index in [9.17, 15) is 14.3 Å². The topological polar surface area (TPSA) is 95.4 Å². The van der Waals surface area contributed by atoms with E-state index < -0.39 is 17.5 Å². The summed E-state index contributed by atoms with van der Waals surface area (Å²) in [5, 5.41) is 23.9. The van der Waals surface area contributed by atoms with Crippen LogP contribution in [0.2, 0.25) is 5.02 Å². The molecule has 1 aromatic carbocycles. The third-order valence-electron chi connectivity index (χ3n) is 2.44. The Kier molecular flexibility index (Phi) is 3.30. The van der Waals surface area contributed by atoms with Crippen molar-refractivity contribution < 1.29 is 24.1 Å². The van der Waals surface area contributed by atoms with E-state index in [0.717, 1.165) is 0 Å². The van der Waals surface area contributed by atoms with E-state index in [1.165, 1.54) is 19.2 Å². The van der Waals surface area contributed by atoms with Gasteiger partial charge in [0.15, 0.2) is 11.5 Å². The zero-order valence-electron chi connectivity index (χ0n) is 9.57. The second kappa shape index (κ2) is 4.77. The SMILES string of the molecule is COc1c(-c2cc(C(=O)O)[nH]n2)cc(Cl)c(O)c1F. The molecule has 0 aliphatic heterocycles. The monoisotopic (exact) mass is 286 g/mol. The van der Waals surface area contributed by atoms with Crippen molar-refractivity contribution in [2.45, 2.75) is 0 Å². The molecule has 0 aliphatic rings. The van der Waals surface area contributed by atoms with Crippen LogP contribution < -0.4 is 4.74 Å². The Morgan fingerprint density at radius 3 is 2.74 bits per heavy atom. The van der Waals surface area contributed by atoms with Crippen LogP contribution in [0.3, 0.4) is 0 Å². The first-order chi connectivity index (χ1) is 8.95. The number of benzene rings is 1. The number of hydrogen-bond donors (Lipinski definition) is 3. The van der Waals surface area contributed by atoms with Crippen LogP contribution in [-0.4, -0.2) is 33.5 Å². The Bertz CT molecular complexity index is 656. The zero-order chi connectivity index (χ0) is 14.2. The van der Waals surface area contributed by atoms with E-state index in [2.05, 4.69) is 10.2 Å². The van der Waals surface area contributed by atoms with E-state index in [1.54, 1.807) is 0 Å². The van der Waals surface area contributed by atoms with Gasteiger partial charge in [-0.05, 0) is 12.1 Å². The molecule has 100 valence electrons. The summed E-state index contributed by atoms with van der Waals surface area (Å²) >= 11 is 5.67. The quantitative estimate of drug-likeness (QED) is 0.804. The fourth-order valence-electron chi connectivity index (χ4n) is 1.55. The van der Waals surface area contributed by atoms with Crippen LogP contribution in [-0.2, 0) is 0 Å². The van der Waals surface area contributed by atoms with Crippen LogP contribution >= 0.6 is 11.6 Å². The molecule has 3 N–H and O–H groups in total. The number of aromatic nitrogens is 2. The number of nitrogens with one attached hydrogen (secondary N) is 1. The maximum atomic E-state index is 13.8. The number of carboxylic acids is 1. The number of aromatic hydroxyl groups is 1. The molecule has 0 aliphatic carbocycles. The van der Waals surface area contributed by atoms with Crippen LogP contribution in [0.25, 0.3) is 11.3 Å². The predicted molar refractivity (Wildman–Crippen MR) is 64.2 cm³/mol. The number of rotatable bonds is 3. The maximum absolute atomic E-state index is 13.8. The predicted octanol–water partition coefficient (Wildman–Crippen LogP) is 2.28. The number of methoxy groups -OCH3 is 1. The fraction of sp³-hybridized carbons (Fsp3) is 0.0909. The molecular formula is C11H8ClFN2O4. The van der Waals surface area contributed by atoms with Gasteiger partial charge in [0.2, 0.25) is 5.82 Å². The van der Waals surface area contributed by atoms with Crippen LogP contribution in [0.4, 0.5) is 4.39 Å². The molecule has 1 heterocycles. The molecule has 0 saturated carbocycles. The summed E-state index contributed by atoms with van der Waals surface area (Å²) in [5.41, 5.74) is 0.100. The van der Waals surface area contributed by atoms with Crippen molar-refractivity contribution in [2.75, 3.05) is 7.11 Å². The number of nitrogens with zero attached hydrogens (tertiary/aromatic N) is 1. The van der Waals surface area contributed by atoms with Gasteiger partial charge in [-0.1, -0.05) is 11.6 Å². The van der Waals surface area contributed by atoms with Gasteiger partial charge in [-0.2, -0.15) is 9.49 Å². The summed E-state index contributed by atoms with van der Waals surface area (Å²) < 4.78 is 18.6. The van der Waals surface area contributed by atoms with E-state index in [0.29, 0.717) is 0 Å². The van der Waals surface area contributed by atoms with Crippen LogP contribution in [0.15, 0.2) is 12.1 Å². The smallest absolute Gasteiger partial charge is 0.353 e. The van der Waals surface area contributed by atoms with Crippen molar-refractivity contribution >= 4 is 17.6 Å². The number of halogens is 2. The minimum atomic E-state index is -1.21. The number of hydrogen-bond acceptors (Lipinski definition) is 4. The highest BCUT2D eigenvalue weighted by molar-refractivity contribution is 6.32. The lowest BCUT2D eigenvalue weighted by Gasteiger charge is -2.09. The number of ether oxygens (including phenoxy) is 1. The number of phenols is 1. The Hall–Kier alpha value is -2.28. The lowest BCUT2D eigenvalue weighted by atomic mass is 10.1. The lowest BCUT2D eigenvalue weighted by Crippen LogP contribution is -1.95. The first-order valence-electron chi connectivity index (χ1n) is 4.99. The van der Waals surface area contributed by atoms with E-state index in [-0.39, 0.29) is 27.7 Å². The number of carbonyl (C=O) groups is 1. The second-order valence-electron chi connectivity index (χ2n) is 3.57. The van der Waals surface area contributed by atoms with Crippen LogP contribution in [0.5, 0.6) is 11.5 Å². The number of H-pyrrole nitrogens is 1. The third kappa shape index (κ3) is 2.19. The van der Waals surface area contributed by atoms with Gasteiger partial charge in [0.25, 0.3) is 0 Å². The first kappa shape index (κ1) is 13.2. The molecule has 0 amide bonds. The third-order valence-corrected chi connectivity index (χ3v) is 2.73. The highest BCUT2D eigenvalue weighted by Crippen LogP contribution is 2.40. The largest absolute Gasteiger partial charge is 0.504 e. The Labute approximate surface area is 111 Å². The molecule has 2 rings (SSSR count). The molecule has 0 saturated heterocycles. The number of aromatic amines is 1. The molecule has 19 heavy (non-hydrogen) atoms. The molecule has 6 nitrogen and oxygen atoms in total. The van der Waals surface area contributed by atoms with Crippen molar-refractivity contribution in [1.29, 1.82) is 0 Å². The first-order valence-corrected chi connectivity index (χ1v) is 5.37. The summed E-state index contributed by atoms with van der Waals surface area (Å²) in [6, 6.07) is 2.44. The van der Waals surface area contributed by atoms with Gasteiger partial charge in [-0.15, -0.1) is 0 Å². The summed E-state index contributed by atoms with van der Waals surface area (Å²) in [6.45, 7) is 0. The van der Waals surface area contributed by atoms with Crippen molar-refractivity contribution in [3.8, 4) is 22.8 Å². The van der Waals surface area contributed by atoms with Gasteiger partial charge >= 0.3 is 5.97 Å². The molecule has 0 spiro atoms. The molecule has 1 aromatic heterocycles. The highest BCUT2D eigenvalue weighted by atomic mass is 35.5. The zero-order valence-corrected chi connectivity index (χ0v) is 10.3. The fourth-order valence-corrected chi connectivity index (χ4v) is 1.74. The van der Waals surface area contributed by atoms with Gasteiger partial charge in [-0.3, -0.25) is 5.10 Å². The van der Waals surface area contributed by atoms with E-state index in [1.807, 2.05) is 0 Å². The molecule has 0 fully saturated rings. The van der Waals surface area contributed by atoms with Crippen LogP contribution in [0.1, 0.15) is 10.5 Å². The molecule has 0 bridgehead atoms. The molecule has 0 radical (unpaired) electrons. The Morgan fingerprint density at radius 1 is 1.53 bits per heavy atom. The minimum Gasteiger partial charge on any atom is -0.504 e. The van der Waals surface area contributed by atoms with Gasteiger partial charge in [0.1, 0.15) is 5.69 Å². The minimum absolute atomic E-state index is 0.131. The Morgan fingerprint density at radius 2 is 2.21 bits per heavy atom. The maximum Gasteiger partial charge on any atom is 0.353 e. The average molecular weight is 287 g/mol. The van der Waals surface area contributed by atoms with Gasteiger partial charge < -0.3 is 14.9 Å². The number of aromatic carboxylic acids is 1. The normalized spacial score (nSPS) is 10.5. The van der Waals surface area contributed by atoms with Crippen molar-refractivity contribution in [1.82, 2.24) is 10.2 Å². The Balaban J connectivity index is 2.63. The van der Waals surface area contributed by atoms with Crippen molar-refractivity contribution in [2.24, 2.45) is 0 Å². The summed E-state index contributed by atoms with van der Waals surface area (Å²) in [6.07, 6.45) is 0. The lowest BCUT2D eigenvalue weighted by molar-refractivity contribution is 0.0690. The van der Waals surface area contributed by atoms with Crippen molar-refractivity contribution in [3.63, 3.8) is 0 Å². The molecule has 8 heteroatoms. The highest BCUT2D eigenvalue weighted by Gasteiger charge is 2.21. The summed E-state index contributed by atoms with van der Waals surface area (Å²) in [7, 11) is 1.21. The number of carboxylic acid groups (broad SMARTS) is 1. The number of phenolic OH excluding ortho intramolecular Hbond substituents is 1. The van der Waals surface area contributed by atoms with Gasteiger partial charge in [0.05, 0.1) is 17.8 Å².